The normalized spacial score (nSPS) is 14.3. The minimum atomic E-state index is -0.311. The highest BCUT2D eigenvalue weighted by Crippen LogP contribution is 2.24. The molecule has 0 aliphatic carbocycles. The Morgan fingerprint density at radius 3 is 2.53 bits per heavy atom. The maximum absolute atomic E-state index is 10.1. The van der Waals surface area contributed by atoms with Crippen molar-refractivity contribution >= 4 is 0 Å². The summed E-state index contributed by atoms with van der Waals surface area (Å²) in [6, 6.07) is 10.0. The largest absolute Gasteiger partial charge is 0.393 e. The van der Waals surface area contributed by atoms with Gasteiger partial charge in [0.1, 0.15) is 6.79 Å². The molecule has 1 N–H and O–H groups in total. The minimum absolute atomic E-state index is 0.0993. The molecule has 1 aromatic carbocycles. The molecule has 0 saturated carbocycles. The van der Waals surface area contributed by atoms with Crippen LogP contribution in [0.25, 0.3) is 0 Å². The fourth-order valence-electron chi connectivity index (χ4n) is 2.11. The lowest BCUT2D eigenvalue weighted by Crippen LogP contribution is -2.16. The smallest absolute Gasteiger partial charge is 0.147 e. The van der Waals surface area contributed by atoms with Crippen LogP contribution in [-0.2, 0) is 9.47 Å². The number of rotatable bonds is 10. The number of ether oxygens (including phenoxy) is 2. The fraction of sp³-hybridized carbons (Fsp3) is 0.625. The maximum Gasteiger partial charge on any atom is 0.147 e. The molecule has 0 heterocycles. The van der Waals surface area contributed by atoms with Crippen LogP contribution in [0.15, 0.2) is 30.3 Å². The number of methoxy groups -OCH3 is 1. The van der Waals surface area contributed by atoms with E-state index in [0.717, 1.165) is 18.4 Å². The van der Waals surface area contributed by atoms with Crippen molar-refractivity contribution < 1.29 is 14.6 Å². The van der Waals surface area contributed by atoms with Gasteiger partial charge in [-0.3, -0.25) is 0 Å². The summed E-state index contributed by atoms with van der Waals surface area (Å²) in [6.07, 6.45) is 4.47. The Hall–Kier alpha value is -0.900. The number of benzene rings is 1. The van der Waals surface area contributed by atoms with E-state index in [0.29, 0.717) is 6.42 Å². The molecule has 0 aliphatic rings. The zero-order valence-corrected chi connectivity index (χ0v) is 12.0. The van der Waals surface area contributed by atoms with Gasteiger partial charge < -0.3 is 14.6 Å². The summed E-state index contributed by atoms with van der Waals surface area (Å²) in [7, 11) is 1.61. The molecule has 19 heavy (non-hydrogen) atoms. The molecule has 2 atom stereocenters. The fourth-order valence-corrected chi connectivity index (χ4v) is 2.11. The van der Waals surface area contributed by atoms with Gasteiger partial charge in [-0.2, -0.15) is 0 Å². The molecule has 0 aliphatic heterocycles. The summed E-state index contributed by atoms with van der Waals surface area (Å²) < 4.78 is 10.6. The van der Waals surface area contributed by atoms with Crippen LogP contribution in [0.1, 0.15) is 50.7 Å². The van der Waals surface area contributed by atoms with Crippen LogP contribution < -0.4 is 0 Å². The predicted octanol–water partition coefficient (Wildman–Crippen LogP) is 3.68. The van der Waals surface area contributed by atoms with Crippen molar-refractivity contribution in [2.45, 2.75) is 51.2 Å². The Morgan fingerprint density at radius 1 is 1.16 bits per heavy atom. The van der Waals surface area contributed by atoms with Crippen LogP contribution in [0.5, 0.6) is 0 Å². The summed E-state index contributed by atoms with van der Waals surface area (Å²) in [5.74, 6) is 0. The van der Waals surface area contributed by atoms with E-state index in [1.165, 1.54) is 12.8 Å². The Labute approximate surface area is 116 Å². The second-order valence-electron chi connectivity index (χ2n) is 4.86. The topological polar surface area (TPSA) is 38.7 Å². The zero-order valence-electron chi connectivity index (χ0n) is 12.0. The van der Waals surface area contributed by atoms with Gasteiger partial charge in [0.05, 0.1) is 12.2 Å². The van der Waals surface area contributed by atoms with Gasteiger partial charge in [0, 0.05) is 13.5 Å². The molecule has 1 rings (SSSR count). The van der Waals surface area contributed by atoms with Gasteiger partial charge in [-0.05, 0) is 12.0 Å². The van der Waals surface area contributed by atoms with Crippen molar-refractivity contribution in [3.05, 3.63) is 35.9 Å². The van der Waals surface area contributed by atoms with E-state index in [1.54, 1.807) is 7.11 Å². The van der Waals surface area contributed by atoms with Crippen LogP contribution >= 0.6 is 0 Å². The van der Waals surface area contributed by atoms with Gasteiger partial charge in [0.2, 0.25) is 0 Å². The highest BCUT2D eigenvalue weighted by molar-refractivity contribution is 5.17. The second-order valence-corrected chi connectivity index (χ2v) is 4.86. The average Bonchev–Trinajstić information content (AvgIpc) is 2.44. The number of aliphatic hydroxyl groups is 1. The molecule has 0 aromatic heterocycles. The van der Waals surface area contributed by atoms with Crippen molar-refractivity contribution in [1.29, 1.82) is 0 Å². The average molecular weight is 266 g/mol. The molecule has 3 nitrogen and oxygen atoms in total. The maximum atomic E-state index is 10.1. The van der Waals surface area contributed by atoms with Crippen molar-refractivity contribution in [2.24, 2.45) is 0 Å². The quantitative estimate of drug-likeness (QED) is 0.518. The Kier molecular flexibility index (Phi) is 8.47. The first-order valence-corrected chi connectivity index (χ1v) is 7.11. The van der Waals surface area contributed by atoms with Gasteiger partial charge in [-0.25, -0.2) is 0 Å². The van der Waals surface area contributed by atoms with Gasteiger partial charge >= 0.3 is 0 Å². The van der Waals surface area contributed by atoms with E-state index < -0.39 is 0 Å². The molecule has 0 spiro atoms. The Morgan fingerprint density at radius 2 is 1.89 bits per heavy atom. The van der Waals surface area contributed by atoms with Crippen LogP contribution in [0.4, 0.5) is 0 Å². The molecule has 0 unspecified atom stereocenters. The summed E-state index contributed by atoms with van der Waals surface area (Å²) in [5.41, 5.74) is 1.09. The number of hydrogen-bond donors (Lipinski definition) is 1. The number of aliphatic hydroxyl groups excluding tert-OH is 1. The predicted molar refractivity (Wildman–Crippen MR) is 76.9 cm³/mol. The van der Waals surface area contributed by atoms with Crippen LogP contribution in [0.3, 0.4) is 0 Å². The van der Waals surface area contributed by atoms with Crippen molar-refractivity contribution in [2.75, 3.05) is 13.9 Å². The Balaban J connectivity index is 2.49. The third-order valence-corrected chi connectivity index (χ3v) is 3.19. The lowest BCUT2D eigenvalue weighted by atomic mass is 10.00. The van der Waals surface area contributed by atoms with Crippen molar-refractivity contribution in [3.8, 4) is 0 Å². The van der Waals surface area contributed by atoms with Gasteiger partial charge in [-0.15, -0.1) is 0 Å². The molecule has 0 amide bonds. The first-order valence-electron chi connectivity index (χ1n) is 7.11. The first-order chi connectivity index (χ1) is 9.27. The standard InChI is InChI=1S/C16H26O3/c1-3-4-6-11-15(17)12-16(19-13-18-2)14-9-7-5-8-10-14/h5,7-10,15-17H,3-4,6,11-13H2,1-2H3/t15-,16+/m1/s1. The number of hydrogen-bond acceptors (Lipinski definition) is 3. The van der Waals surface area contributed by atoms with Crippen molar-refractivity contribution in [1.82, 2.24) is 0 Å². The minimum Gasteiger partial charge on any atom is -0.393 e. The van der Waals surface area contributed by atoms with Crippen LogP contribution in [0.2, 0.25) is 0 Å². The molecular weight excluding hydrogens is 240 g/mol. The summed E-state index contributed by atoms with van der Waals surface area (Å²) in [6.45, 7) is 2.42. The van der Waals surface area contributed by atoms with Gasteiger partial charge in [0.15, 0.2) is 0 Å². The van der Waals surface area contributed by atoms with Crippen molar-refractivity contribution in [3.63, 3.8) is 0 Å². The van der Waals surface area contributed by atoms with Crippen LogP contribution in [0, 0.1) is 0 Å². The highest BCUT2D eigenvalue weighted by atomic mass is 16.7. The molecular formula is C16H26O3. The molecule has 0 saturated heterocycles. The third-order valence-electron chi connectivity index (χ3n) is 3.19. The molecule has 0 bridgehead atoms. The molecule has 108 valence electrons. The van der Waals surface area contributed by atoms with E-state index in [9.17, 15) is 5.11 Å². The second kappa shape index (κ2) is 9.96. The third kappa shape index (κ3) is 6.71. The molecule has 3 heteroatoms. The van der Waals surface area contributed by atoms with E-state index in [4.69, 9.17) is 9.47 Å². The van der Waals surface area contributed by atoms with E-state index >= 15 is 0 Å². The molecule has 1 aromatic rings. The SMILES string of the molecule is CCCCC[C@@H](O)C[C@H](OCOC)c1ccccc1. The monoisotopic (exact) mass is 266 g/mol. The van der Waals surface area contributed by atoms with Gasteiger partial charge in [0.25, 0.3) is 0 Å². The molecule has 0 radical (unpaired) electrons. The summed E-state index contributed by atoms with van der Waals surface area (Å²) >= 11 is 0. The van der Waals surface area contributed by atoms with E-state index in [2.05, 4.69) is 6.92 Å². The summed E-state index contributed by atoms with van der Waals surface area (Å²) in [4.78, 5) is 0. The van der Waals surface area contributed by atoms with Gasteiger partial charge in [-0.1, -0.05) is 56.5 Å². The Bertz CT molecular complexity index is 313. The van der Waals surface area contributed by atoms with E-state index in [-0.39, 0.29) is 19.0 Å². The highest BCUT2D eigenvalue weighted by Gasteiger charge is 2.16. The van der Waals surface area contributed by atoms with Crippen LogP contribution in [-0.4, -0.2) is 25.1 Å². The molecule has 0 fully saturated rings. The first kappa shape index (κ1) is 16.2. The van der Waals surface area contributed by atoms with E-state index in [1.807, 2.05) is 30.3 Å². The lowest BCUT2D eigenvalue weighted by molar-refractivity contribution is -0.0868. The zero-order chi connectivity index (χ0) is 13.9. The lowest BCUT2D eigenvalue weighted by Gasteiger charge is -2.21. The summed E-state index contributed by atoms with van der Waals surface area (Å²) in [5, 5.41) is 10.1. The number of unbranched alkanes of at least 4 members (excludes halogenated alkanes) is 2.